The van der Waals surface area contributed by atoms with Crippen LogP contribution < -0.4 is 0 Å². The van der Waals surface area contributed by atoms with E-state index in [0.717, 1.165) is 6.42 Å². The Balaban J connectivity index is 2.32. The van der Waals surface area contributed by atoms with Crippen LogP contribution in [0.25, 0.3) is 0 Å². The Morgan fingerprint density at radius 2 is 2.50 bits per heavy atom. The predicted octanol–water partition coefficient (Wildman–Crippen LogP) is 0.831. The van der Waals surface area contributed by atoms with Gasteiger partial charge in [0.15, 0.2) is 0 Å². The monoisotopic (exact) mass is 114 g/mol. The minimum Gasteiger partial charge on any atom is -0.513 e. The molecule has 0 aromatic rings. The van der Waals surface area contributed by atoms with Gasteiger partial charge in [-0.3, -0.25) is 0 Å². The van der Waals surface area contributed by atoms with Crippen LogP contribution in [0.1, 0.15) is 12.8 Å². The van der Waals surface area contributed by atoms with Crippen molar-refractivity contribution in [1.29, 1.82) is 0 Å². The van der Waals surface area contributed by atoms with Gasteiger partial charge in [-0.25, -0.2) is 0 Å². The van der Waals surface area contributed by atoms with E-state index in [4.69, 9.17) is 10.2 Å². The molecule has 1 rings (SSSR count). The fraction of sp³-hybridized carbons (Fsp3) is 0.667. The molecule has 0 amide bonds. The molecule has 1 atom stereocenters. The largest absolute Gasteiger partial charge is 0.513 e. The second-order valence-corrected chi connectivity index (χ2v) is 2.18. The maximum Gasteiger partial charge on any atom is 0.0886 e. The summed E-state index contributed by atoms with van der Waals surface area (Å²) in [5, 5.41) is 17.3. The molecule has 0 fully saturated rings. The molecular formula is C6H10O2. The lowest BCUT2D eigenvalue weighted by Gasteiger charge is -2.00. The summed E-state index contributed by atoms with van der Waals surface area (Å²) in [6.07, 6.45) is 3.26. The van der Waals surface area contributed by atoms with E-state index < -0.39 is 0 Å². The fourth-order valence-electron chi connectivity index (χ4n) is 0.904. The smallest absolute Gasteiger partial charge is 0.0886 e. The highest BCUT2D eigenvalue weighted by atomic mass is 16.3. The van der Waals surface area contributed by atoms with Crippen molar-refractivity contribution in [2.75, 3.05) is 6.61 Å². The van der Waals surface area contributed by atoms with Gasteiger partial charge in [0.1, 0.15) is 0 Å². The third-order valence-electron chi connectivity index (χ3n) is 1.44. The van der Waals surface area contributed by atoms with Crippen LogP contribution in [0.15, 0.2) is 11.8 Å². The van der Waals surface area contributed by atoms with Crippen LogP contribution in [-0.2, 0) is 0 Å². The summed E-state index contributed by atoms with van der Waals surface area (Å²) in [5.41, 5.74) is 0. The molecule has 0 aromatic heterocycles. The van der Waals surface area contributed by atoms with Crippen molar-refractivity contribution in [2.45, 2.75) is 12.8 Å². The minimum atomic E-state index is 0.195. The standard InChI is InChI=1S/C6H10O2/c7-4-5-1-2-6(8)3-5/h2,5,7-8H,1,3-4H2. The van der Waals surface area contributed by atoms with Gasteiger partial charge >= 0.3 is 0 Å². The van der Waals surface area contributed by atoms with Crippen LogP contribution in [0.2, 0.25) is 0 Å². The Morgan fingerprint density at radius 3 is 2.75 bits per heavy atom. The summed E-state index contributed by atoms with van der Waals surface area (Å²) < 4.78 is 0. The Kier molecular flexibility index (Phi) is 1.53. The van der Waals surface area contributed by atoms with Gasteiger partial charge in [-0.05, 0) is 18.4 Å². The van der Waals surface area contributed by atoms with Gasteiger partial charge in [0.05, 0.1) is 5.76 Å². The average molecular weight is 114 g/mol. The maximum absolute atomic E-state index is 8.78. The van der Waals surface area contributed by atoms with Crippen LogP contribution >= 0.6 is 0 Å². The van der Waals surface area contributed by atoms with E-state index in [-0.39, 0.29) is 12.5 Å². The Labute approximate surface area is 48.5 Å². The second kappa shape index (κ2) is 2.18. The summed E-state index contributed by atoms with van der Waals surface area (Å²) in [6, 6.07) is 0. The highest BCUT2D eigenvalue weighted by Gasteiger charge is 2.14. The first-order valence-corrected chi connectivity index (χ1v) is 2.82. The quantitative estimate of drug-likeness (QED) is 0.530. The first-order valence-electron chi connectivity index (χ1n) is 2.82. The SMILES string of the molecule is OCC1CC=C(O)C1. The lowest BCUT2D eigenvalue weighted by molar-refractivity contribution is 0.224. The van der Waals surface area contributed by atoms with Gasteiger partial charge < -0.3 is 10.2 Å². The molecule has 1 aliphatic carbocycles. The van der Waals surface area contributed by atoms with Gasteiger partial charge in [0.25, 0.3) is 0 Å². The van der Waals surface area contributed by atoms with Crippen molar-refractivity contribution in [3.05, 3.63) is 11.8 Å². The minimum absolute atomic E-state index is 0.195. The molecule has 2 heteroatoms. The zero-order chi connectivity index (χ0) is 5.98. The van der Waals surface area contributed by atoms with Crippen LogP contribution in [-0.4, -0.2) is 16.8 Å². The molecule has 0 aliphatic heterocycles. The molecule has 1 aliphatic rings. The summed E-state index contributed by atoms with van der Waals surface area (Å²) in [5.74, 6) is 0.721. The lowest BCUT2D eigenvalue weighted by atomic mass is 10.1. The van der Waals surface area contributed by atoms with Gasteiger partial charge in [-0.1, -0.05) is 0 Å². The predicted molar refractivity (Wildman–Crippen MR) is 30.5 cm³/mol. The summed E-state index contributed by atoms with van der Waals surface area (Å²) in [6.45, 7) is 0.195. The molecule has 2 nitrogen and oxygen atoms in total. The molecule has 0 saturated carbocycles. The molecule has 0 spiro atoms. The molecule has 1 unspecified atom stereocenters. The first kappa shape index (κ1) is 5.63. The van der Waals surface area contributed by atoms with E-state index in [1.807, 2.05) is 0 Å². The first-order chi connectivity index (χ1) is 3.83. The summed E-state index contributed by atoms with van der Waals surface area (Å²) in [4.78, 5) is 0. The van der Waals surface area contributed by atoms with E-state index in [9.17, 15) is 0 Å². The molecule has 0 aromatic carbocycles. The molecular weight excluding hydrogens is 104 g/mol. The number of aliphatic hydroxyl groups is 2. The van der Waals surface area contributed by atoms with E-state index in [0.29, 0.717) is 12.2 Å². The highest BCUT2D eigenvalue weighted by Crippen LogP contribution is 2.21. The lowest BCUT2D eigenvalue weighted by Crippen LogP contribution is -1.99. The van der Waals surface area contributed by atoms with Crippen molar-refractivity contribution in [2.24, 2.45) is 5.92 Å². The fourth-order valence-corrected chi connectivity index (χ4v) is 0.904. The topological polar surface area (TPSA) is 40.5 Å². The number of allylic oxidation sites excluding steroid dienone is 2. The second-order valence-electron chi connectivity index (χ2n) is 2.18. The highest BCUT2D eigenvalue weighted by molar-refractivity contribution is 5.00. The van der Waals surface area contributed by atoms with Crippen LogP contribution in [0.3, 0.4) is 0 Å². The molecule has 2 N–H and O–H groups in total. The summed E-state index contributed by atoms with van der Waals surface area (Å²) in [7, 11) is 0. The van der Waals surface area contributed by atoms with Gasteiger partial charge in [-0.15, -0.1) is 0 Å². The molecule has 0 heterocycles. The number of hydrogen-bond donors (Lipinski definition) is 2. The van der Waals surface area contributed by atoms with Crippen molar-refractivity contribution < 1.29 is 10.2 Å². The van der Waals surface area contributed by atoms with Crippen molar-refractivity contribution in [1.82, 2.24) is 0 Å². The zero-order valence-corrected chi connectivity index (χ0v) is 4.67. The normalized spacial score (nSPS) is 28.1. The molecule has 8 heavy (non-hydrogen) atoms. The van der Waals surface area contributed by atoms with E-state index >= 15 is 0 Å². The van der Waals surface area contributed by atoms with Gasteiger partial charge in [0, 0.05) is 13.0 Å². The number of aliphatic hydroxyl groups excluding tert-OH is 2. The number of hydrogen-bond acceptors (Lipinski definition) is 2. The molecule has 46 valence electrons. The van der Waals surface area contributed by atoms with Crippen LogP contribution in [0.5, 0.6) is 0 Å². The van der Waals surface area contributed by atoms with E-state index in [1.165, 1.54) is 0 Å². The van der Waals surface area contributed by atoms with E-state index in [1.54, 1.807) is 6.08 Å². The third kappa shape index (κ3) is 1.01. The Bertz CT molecular complexity index is 107. The van der Waals surface area contributed by atoms with Crippen molar-refractivity contribution in [3.63, 3.8) is 0 Å². The van der Waals surface area contributed by atoms with Crippen molar-refractivity contribution >= 4 is 0 Å². The average Bonchev–Trinajstić information content (AvgIpc) is 2.14. The Hall–Kier alpha value is -0.500. The molecule has 0 saturated heterocycles. The van der Waals surface area contributed by atoms with Gasteiger partial charge in [-0.2, -0.15) is 0 Å². The third-order valence-corrected chi connectivity index (χ3v) is 1.44. The van der Waals surface area contributed by atoms with Crippen LogP contribution in [0.4, 0.5) is 0 Å². The zero-order valence-electron chi connectivity index (χ0n) is 4.67. The molecule has 0 radical (unpaired) electrons. The van der Waals surface area contributed by atoms with Crippen LogP contribution in [0, 0.1) is 5.92 Å². The summed E-state index contributed by atoms with van der Waals surface area (Å²) >= 11 is 0. The van der Waals surface area contributed by atoms with Crippen molar-refractivity contribution in [3.8, 4) is 0 Å². The van der Waals surface area contributed by atoms with Gasteiger partial charge in [0.2, 0.25) is 0 Å². The number of rotatable bonds is 1. The van der Waals surface area contributed by atoms with E-state index in [2.05, 4.69) is 0 Å². The Morgan fingerprint density at radius 1 is 1.75 bits per heavy atom. The maximum atomic E-state index is 8.78. The molecule has 0 bridgehead atoms.